The molecule has 0 aliphatic rings. The van der Waals surface area contributed by atoms with Crippen molar-refractivity contribution < 1.29 is 14.6 Å². The Morgan fingerprint density at radius 2 is 2.23 bits per heavy atom. The third kappa shape index (κ3) is 5.42. The molecule has 0 aliphatic heterocycles. The minimum absolute atomic E-state index is 0.266. The lowest BCUT2D eigenvalue weighted by molar-refractivity contribution is -0.134. The highest BCUT2D eigenvalue weighted by atomic mass is 16.5. The molecule has 0 aromatic rings. The number of ether oxygens (including phenoxy) is 1. The lowest BCUT2D eigenvalue weighted by Crippen LogP contribution is -2.15. The van der Waals surface area contributed by atoms with Crippen LogP contribution in [0.25, 0.3) is 0 Å². The van der Waals surface area contributed by atoms with Gasteiger partial charge < -0.3 is 9.84 Å². The van der Waals surface area contributed by atoms with Crippen molar-refractivity contribution in [3.63, 3.8) is 0 Å². The molecule has 3 heteroatoms. The van der Waals surface area contributed by atoms with E-state index >= 15 is 0 Å². The Hall–Kier alpha value is -0.830. The van der Waals surface area contributed by atoms with Crippen LogP contribution in [0.1, 0.15) is 26.7 Å². The van der Waals surface area contributed by atoms with E-state index in [0.29, 0.717) is 6.42 Å². The third-order valence-electron chi connectivity index (χ3n) is 2.13. The molecule has 13 heavy (non-hydrogen) atoms. The summed E-state index contributed by atoms with van der Waals surface area (Å²) in [6.07, 6.45) is 4.05. The van der Waals surface area contributed by atoms with Crippen LogP contribution in [0.15, 0.2) is 12.2 Å². The van der Waals surface area contributed by atoms with Crippen molar-refractivity contribution in [1.82, 2.24) is 0 Å². The minimum Gasteiger partial charge on any atom is -0.466 e. The van der Waals surface area contributed by atoms with E-state index in [0.717, 1.165) is 6.42 Å². The van der Waals surface area contributed by atoms with Gasteiger partial charge in [0.25, 0.3) is 0 Å². The second kappa shape index (κ2) is 6.66. The number of hydrogen-bond acceptors (Lipinski definition) is 3. The van der Waals surface area contributed by atoms with Crippen molar-refractivity contribution >= 4 is 5.97 Å². The van der Waals surface area contributed by atoms with Gasteiger partial charge in [0.05, 0.1) is 13.2 Å². The van der Waals surface area contributed by atoms with Gasteiger partial charge in [-0.05, 0) is 12.3 Å². The van der Waals surface area contributed by atoms with Crippen molar-refractivity contribution in [2.75, 3.05) is 7.11 Å². The molecule has 0 rings (SSSR count). The molecule has 0 bridgehead atoms. The lowest BCUT2D eigenvalue weighted by Gasteiger charge is -2.14. The molecule has 0 spiro atoms. The van der Waals surface area contributed by atoms with Crippen LogP contribution in [0.2, 0.25) is 0 Å². The van der Waals surface area contributed by atoms with E-state index in [-0.39, 0.29) is 18.0 Å². The smallest absolute Gasteiger partial charge is 0.330 e. The highest BCUT2D eigenvalue weighted by molar-refractivity contribution is 5.81. The van der Waals surface area contributed by atoms with Gasteiger partial charge in [0.1, 0.15) is 0 Å². The van der Waals surface area contributed by atoms with Crippen LogP contribution < -0.4 is 0 Å². The van der Waals surface area contributed by atoms with E-state index in [4.69, 9.17) is 0 Å². The molecule has 0 aromatic heterocycles. The molecule has 3 nitrogen and oxygen atoms in total. The van der Waals surface area contributed by atoms with E-state index in [1.165, 1.54) is 13.2 Å². The first-order chi connectivity index (χ1) is 6.11. The summed E-state index contributed by atoms with van der Waals surface area (Å²) in [6, 6.07) is 0. The Kier molecular flexibility index (Phi) is 6.24. The van der Waals surface area contributed by atoms with Crippen molar-refractivity contribution in [2.45, 2.75) is 32.8 Å². The van der Waals surface area contributed by atoms with Crippen LogP contribution in [-0.2, 0) is 9.53 Å². The van der Waals surface area contributed by atoms with E-state index in [9.17, 15) is 9.90 Å². The predicted molar refractivity (Wildman–Crippen MR) is 51.2 cm³/mol. The molecular formula is C10H18O3. The van der Waals surface area contributed by atoms with E-state index in [1.807, 2.05) is 13.8 Å². The number of carbonyl (C=O) groups is 1. The van der Waals surface area contributed by atoms with Gasteiger partial charge in [-0.2, -0.15) is 0 Å². The maximum absolute atomic E-state index is 10.6. The Balaban J connectivity index is 3.74. The molecule has 0 aromatic carbocycles. The SMILES string of the molecule is CC[C@H](C)[C@@H](O)C/C=C/C(=O)OC. The Morgan fingerprint density at radius 3 is 2.69 bits per heavy atom. The van der Waals surface area contributed by atoms with Crippen LogP contribution in [0.4, 0.5) is 0 Å². The first-order valence-corrected chi connectivity index (χ1v) is 4.54. The summed E-state index contributed by atoms with van der Waals surface area (Å²) in [5.41, 5.74) is 0. The van der Waals surface area contributed by atoms with Crippen LogP contribution >= 0.6 is 0 Å². The normalized spacial score (nSPS) is 15.7. The fourth-order valence-electron chi connectivity index (χ4n) is 0.876. The lowest BCUT2D eigenvalue weighted by atomic mass is 9.99. The first kappa shape index (κ1) is 12.2. The highest BCUT2D eigenvalue weighted by Gasteiger charge is 2.09. The van der Waals surface area contributed by atoms with Gasteiger partial charge in [-0.1, -0.05) is 26.3 Å². The summed E-state index contributed by atoms with van der Waals surface area (Å²) in [6.45, 7) is 4.01. The van der Waals surface area contributed by atoms with Gasteiger partial charge in [0, 0.05) is 6.08 Å². The summed E-state index contributed by atoms with van der Waals surface area (Å²) in [7, 11) is 1.33. The summed E-state index contributed by atoms with van der Waals surface area (Å²) in [4.78, 5) is 10.6. The Labute approximate surface area is 79.4 Å². The number of rotatable bonds is 5. The molecule has 0 amide bonds. The number of esters is 1. The molecular weight excluding hydrogens is 168 g/mol. The maximum atomic E-state index is 10.6. The van der Waals surface area contributed by atoms with Crippen molar-refractivity contribution in [3.8, 4) is 0 Å². The third-order valence-corrected chi connectivity index (χ3v) is 2.13. The quantitative estimate of drug-likeness (QED) is 0.523. The zero-order valence-corrected chi connectivity index (χ0v) is 8.49. The largest absolute Gasteiger partial charge is 0.466 e. The Morgan fingerprint density at radius 1 is 1.62 bits per heavy atom. The number of hydrogen-bond donors (Lipinski definition) is 1. The molecule has 0 saturated carbocycles. The molecule has 0 radical (unpaired) electrons. The average Bonchev–Trinajstić information content (AvgIpc) is 2.15. The summed E-state index contributed by atoms with van der Waals surface area (Å²) >= 11 is 0. The molecule has 0 saturated heterocycles. The standard InChI is InChI=1S/C10H18O3/c1-4-8(2)9(11)6-5-7-10(12)13-3/h5,7-9,11H,4,6H2,1-3H3/b7-5+/t8-,9-/m0/s1. The summed E-state index contributed by atoms with van der Waals surface area (Å²) < 4.78 is 4.41. The minimum atomic E-state index is -0.378. The van der Waals surface area contributed by atoms with Crippen molar-refractivity contribution in [2.24, 2.45) is 5.92 Å². The first-order valence-electron chi connectivity index (χ1n) is 4.54. The van der Waals surface area contributed by atoms with Crippen LogP contribution in [0.5, 0.6) is 0 Å². The van der Waals surface area contributed by atoms with Gasteiger partial charge in [0.2, 0.25) is 0 Å². The summed E-state index contributed by atoms with van der Waals surface area (Å²) in [5.74, 6) is -0.112. The topological polar surface area (TPSA) is 46.5 Å². The zero-order chi connectivity index (χ0) is 10.3. The number of aliphatic hydroxyl groups excluding tert-OH is 1. The molecule has 0 heterocycles. The number of carbonyl (C=O) groups excluding carboxylic acids is 1. The van der Waals surface area contributed by atoms with Crippen LogP contribution in [-0.4, -0.2) is 24.3 Å². The predicted octanol–water partition coefficient (Wildman–Crippen LogP) is 1.51. The number of methoxy groups -OCH3 is 1. The molecule has 76 valence electrons. The van der Waals surface area contributed by atoms with E-state index in [1.54, 1.807) is 6.08 Å². The number of aliphatic hydroxyl groups is 1. The maximum Gasteiger partial charge on any atom is 0.330 e. The van der Waals surface area contributed by atoms with Crippen molar-refractivity contribution in [3.05, 3.63) is 12.2 Å². The van der Waals surface area contributed by atoms with Gasteiger partial charge in [-0.3, -0.25) is 0 Å². The second-order valence-corrected chi connectivity index (χ2v) is 3.11. The van der Waals surface area contributed by atoms with Crippen LogP contribution in [0.3, 0.4) is 0 Å². The fourth-order valence-corrected chi connectivity index (χ4v) is 0.876. The van der Waals surface area contributed by atoms with E-state index in [2.05, 4.69) is 4.74 Å². The van der Waals surface area contributed by atoms with E-state index < -0.39 is 0 Å². The second-order valence-electron chi connectivity index (χ2n) is 3.11. The highest BCUT2D eigenvalue weighted by Crippen LogP contribution is 2.10. The van der Waals surface area contributed by atoms with Gasteiger partial charge in [-0.25, -0.2) is 4.79 Å². The molecule has 0 unspecified atom stereocenters. The molecule has 1 N–H and O–H groups in total. The molecule has 0 fully saturated rings. The van der Waals surface area contributed by atoms with Crippen molar-refractivity contribution in [1.29, 1.82) is 0 Å². The zero-order valence-electron chi connectivity index (χ0n) is 8.49. The fraction of sp³-hybridized carbons (Fsp3) is 0.700. The monoisotopic (exact) mass is 186 g/mol. The van der Waals surface area contributed by atoms with Gasteiger partial charge in [0.15, 0.2) is 0 Å². The van der Waals surface area contributed by atoms with Gasteiger partial charge >= 0.3 is 5.97 Å². The van der Waals surface area contributed by atoms with Crippen LogP contribution in [0, 0.1) is 5.92 Å². The summed E-state index contributed by atoms with van der Waals surface area (Å²) in [5, 5.41) is 9.50. The Bertz CT molecular complexity index is 175. The van der Waals surface area contributed by atoms with Gasteiger partial charge in [-0.15, -0.1) is 0 Å². The molecule has 0 aliphatic carbocycles. The average molecular weight is 186 g/mol. The molecule has 2 atom stereocenters.